The standard InChI is InChI=1S/C16H16N4O/c1-9-7-14(20-13-4-5-18-8-12(13)17)10(2)11-3-6-19-16(21)15(9)11/h3-8H,17H2,1-2H3,(H,18,20)(H,19,21). The highest BCUT2D eigenvalue weighted by Crippen LogP contribution is 2.30. The maximum Gasteiger partial charge on any atom is 0.256 e. The van der Waals surface area contributed by atoms with E-state index in [9.17, 15) is 4.79 Å². The van der Waals surface area contributed by atoms with Gasteiger partial charge in [0.2, 0.25) is 0 Å². The van der Waals surface area contributed by atoms with E-state index in [4.69, 9.17) is 5.73 Å². The number of hydrogen-bond acceptors (Lipinski definition) is 4. The Morgan fingerprint density at radius 3 is 2.81 bits per heavy atom. The van der Waals surface area contributed by atoms with Gasteiger partial charge in [-0.25, -0.2) is 0 Å². The average molecular weight is 280 g/mol. The van der Waals surface area contributed by atoms with Crippen LogP contribution >= 0.6 is 0 Å². The predicted octanol–water partition coefficient (Wildman–Crippen LogP) is 2.87. The van der Waals surface area contributed by atoms with E-state index in [0.717, 1.165) is 33.3 Å². The van der Waals surface area contributed by atoms with Crippen LogP contribution in [-0.2, 0) is 0 Å². The number of aromatic amines is 1. The van der Waals surface area contributed by atoms with Crippen molar-refractivity contribution in [1.82, 2.24) is 9.97 Å². The second-order valence-corrected chi connectivity index (χ2v) is 5.05. The highest BCUT2D eigenvalue weighted by atomic mass is 16.1. The molecular formula is C16H16N4O. The molecule has 0 spiro atoms. The van der Waals surface area contributed by atoms with E-state index in [1.54, 1.807) is 18.6 Å². The van der Waals surface area contributed by atoms with E-state index < -0.39 is 0 Å². The van der Waals surface area contributed by atoms with Crippen LogP contribution in [0.2, 0.25) is 0 Å². The smallest absolute Gasteiger partial charge is 0.256 e. The highest BCUT2D eigenvalue weighted by molar-refractivity contribution is 5.93. The number of nitrogens with one attached hydrogen (secondary N) is 2. The molecule has 2 aromatic heterocycles. The van der Waals surface area contributed by atoms with Crippen molar-refractivity contribution in [2.24, 2.45) is 0 Å². The second kappa shape index (κ2) is 4.94. The summed E-state index contributed by atoms with van der Waals surface area (Å²) in [4.78, 5) is 18.7. The Morgan fingerprint density at radius 1 is 1.24 bits per heavy atom. The number of benzene rings is 1. The number of aryl methyl sites for hydroxylation is 2. The number of aromatic nitrogens is 2. The fourth-order valence-corrected chi connectivity index (χ4v) is 2.52. The maximum atomic E-state index is 12.0. The minimum atomic E-state index is -0.0666. The lowest BCUT2D eigenvalue weighted by Crippen LogP contribution is -2.08. The zero-order valence-corrected chi connectivity index (χ0v) is 11.9. The third-order valence-corrected chi connectivity index (χ3v) is 3.65. The summed E-state index contributed by atoms with van der Waals surface area (Å²) in [5, 5.41) is 4.98. The third-order valence-electron chi connectivity index (χ3n) is 3.65. The summed E-state index contributed by atoms with van der Waals surface area (Å²) in [6.07, 6.45) is 4.96. The summed E-state index contributed by atoms with van der Waals surface area (Å²) in [6, 6.07) is 5.71. The van der Waals surface area contributed by atoms with Crippen LogP contribution in [0.1, 0.15) is 11.1 Å². The van der Waals surface area contributed by atoms with E-state index in [1.165, 1.54) is 0 Å². The molecule has 0 aliphatic rings. The van der Waals surface area contributed by atoms with Crippen molar-refractivity contribution in [3.63, 3.8) is 0 Å². The van der Waals surface area contributed by atoms with Crippen LogP contribution in [0.25, 0.3) is 10.8 Å². The van der Waals surface area contributed by atoms with Crippen molar-refractivity contribution >= 4 is 27.8 Å². The van der Waals surface area contributed by atoms with Crippen LogP contribution < -0.4 is 16.6 Å². The number of rotatable bonds is 2. The number of nitrogens with zero attached hydrogens (tertiary/aromatic N) is 1. The Hall–Kier alpha value is -2.82. The SMILES string of the molecule is Cc1c(Nc2ccncc2N)cc(C)c2c(=O)[nH]ccc12. The Balaban J connectivity index is 2.19. The van der Waals surface area contributed by atoms with Crippen molar-refractivity contribution in [3.05, 3.63) is 58.3 Å². The normalized spacial score (nSPS) is 10.8. The fraction of sp³-hybridized carbons (Fsp3) is 0.125. The molecule has 5 nitrogen and oxygen atoms in total. The third kappa shape index (κ3) is 2.23. The first-order chi connectivity index (χ1) is 10.1. The molecule has 0 saturated carbocycles. The van der Waals surface area contributed by atoms with Gasteiger partial charge in [0.05, 0.1) is 23.0 Å². The fourth-order valence-electron chi connectivity index (χ4n) is 2.52. The number of H-pyrrole nitrogens is 1. The Labute approximate surface area is 121 Å². The lowest BCUT2D eigenvalue weighted by Gasteiger charge is -2.14. The molecule has 0 fully saturated rings. The lowest BCUT2D eigenvalue weighted by molar-refractivity contribution is 1.26. The molecule has 0 saturated heterocycles. The van der Waals surface area contributed by atoms with Gasteiger partial charge in [0.15, 0.2) is 0 Å². The van der Waals surface area contributed by atoms with Crippen LogP contribution in [0.3, 0.4) is 0 Å². The predicted molar refractivity (Wildman–Crippen MR) is 86.0 cm³/mol. The summed E-state index contributed by atoms with van der Waals surface area (Å²) < 4.78 is 0. The first-order valence-corrected chi connectivity index (χ1v) is 6.66. The molecule has 1 aromatic carbocycles. The molecule has 0 bridgehead atoms. The molecule has 5 heteroatoms. The molecule has 0 aliphatic carbocycles. The average Bonchev–Trinajstić information content (AvgIpc) is 2.46. The monoisotopic (exact) mass is 280 g/mol. The molecule has 2 heterocycles. The Kier molecular flexibility index (Phi) is 3.10. The van der Waals surface area contributed by atoms with Gasteiger partial charge in [-0.1, -0.05) is 0 Å². The molecule has 0 unspecified atom stereocenters. The molecule has 3 aromatic rings. The van der Waals surface area contributed by atoms with E-state index in [1.807, 2.05) is 32.0 Å². The number of pyridine rings is 2. The number of nitrogens with two attached hydrogens (primary N) is 1. The zero-order valence-electron chi connectivity index (χ0n) is 11.9. The van der Waals surface area contributed by atoms with E-state index in [0.29, 0.717) is 5.69 Å². The van der Waals surface area contributed by atoms with Crippen molar-refractivity contribution in [3.8, 4) is 0 Å². The molecule has 21 heavy (non-hydrogen) atoms. The van der Waals surface area contributed by atoms with Crippen LogP contribution in [0.15, 0.2) is 41.6 Å². The zero-order chi connectivity index (χ0) is 15.0. The van der Waals surface area contributed by atoms with Crippen LogP contribution in [0.4, 0.5) is 17.1 Å². The van der Waals surface area contributed by atoms with Gasteiger partial charge >= 0.3 is 0 Å². The van der Waals surface area contributed by atoms with Gasteiger partial charge in [-0.3, -0.25) is 9.78 Å². The molecular weight excluding hydrogens is 264 g/mol. The highest BCUT2D eigenvalue weighted by Gasteiger charge is 2.10. The van der Waals surface area contributed by atoms with Gasteiger partial charge in [0, 0.05) is 18.1 Å². The van der Waals surface area contributed by atoms with Gasteiger partial charge < -0.3 is 16.0 Å². The molecule has 0 atom stereocenters. The van der Waals surface area contributed by atoms with Crippen molar-refractivity contribution < 1.29 is 0 Å². The van der Waals surface area contributed by atoms with Crippen LogP contribution in [0.5, 0.6) is 0 Å². The van der Waals surface area contributed by atoms with Crippen molar-refractivity contribution in [1.29, 1.82) is 0 Å². The molecule has 0 amide bonds. The van der Waals surface area contributed by atoms with Crippen molar-refractivity contribution in [2.75, 3.05) is 11.1 Å². The minimum absolute atomic E-state index is 0.0666. The van der Waals surface area contributed by atoms with E-state index >= 15 is 0 Å². The van der Waals surface area contributed by atoms with Crippen molar-refractivity contribution in [2.45, 2.75) is 13.8 Å². The second-order valence-electron chi connectivity index (χ2n) is 5.05. The van der Waals surface area contributed by atoms with Gasteiger partial charge in [-0.05, 0) is 48.6 Å². The van der Waals surface area contributed by atoms with Crippen LogP contribution in [-0.4, -0.2) is 9.97 Å². The summed E-state index contributed by atoms with van der Waals surface area (Å²) in [6.45, 7) is 3.92. The molecule has 4 N–H and O–H groups in total. The van der Waals surface area contributed by atoms with Crippen LogP contribution in [0, 0.1) is 13.8 Å². The summed E-state index contributed by atoms with van der Waals surface area (Å²) >= 11 is 0. The van der Waals surface area contributed by atoms with Gasteiger partial charge in [-0.2, -0.15) is 0 Å². The summed E-state index contributed by atoms with van der Waals surface area (Å²) in [5.74, 6) is 0. The van der Waals surface area contributed by atoms with E-state index in [2.05, 4.69) is 15.3 Å². The van der Waals surface area contributed by atoms with Gasteiger partial charge in [0.25, 0.3) is 5.56 Å². The van der Waals surface area contributed by atoms with E-state index in [-0.39, 0.29) is 5.56 Å². The summed E-state index contributed by atoms with van der Waals surface area (Å²) in [7, 11) is 0. The number of hydrogen-bond donors (Lipinski definition) is 3. The number of nitrogen functional groups attached to an aromatic ring is 1. The molecule has 0 radical (unpaired) electrons. The minimum Gasteiger partial charge on any atom is -0.396 e. The molecule has 3 rings (SSSR count). The quantitative estimate of drug-likeness (QED) is 0.674. The first kappa shape index (κ1) is 13.2. The number of anilines is 3. The number of fused-ring (bicyclic) bond motifs is 1. The topological polar surface area (TPSA) is 83.8 Å². The largest absolute Gasteiger partial charge is 0.396 e. The molecule has 0 aliphatic heterocycles. The van der Waals surface area contributed by atoms with Gasteiger partial charge in [-0.15, -0.1) is 0 Å². The first-order valence-electron chi connectivity index (χ1n) is 6.66. The summed E-state index contributed by atoms with van der Waals surface area (Å²) in [5.41, 5.74) is 10.1. The Morgan fingerprint density at radius 2 is 2.05 bits per heavy atom. The maximum absolute atomic E-state index is 12.0. The Bertz CT molecular complexity index is 883. The van der Waals surface area contributed by atoms with Gasteiger partial charge in [0.1, 0.15) is 0 Å². The lowest BCUT2D eigenvalue weighted by atomic mass is 10.0. The molecule has 106 valence electrons.